The molecule has 0 fully saturated rings. The van der Waals surface area contributed by atoms with Crippen LogP contribution in [0.2, 0.25) is 0 Å². The SMILES string of the molecule is CCCN(CC(=O)N(CCc1c[nH]c2ccccc12)Cc1ccccc1OC)C(=O)CC(C)(C)C. The third-order valence-corrected chi connectivity index (χ3v) is 6.09. The molecule has 0 unspecified atom stereocenters. The minimum atomic E-state index is -0.126. The van der Waals surface area contributed by atoms with Crippen LogP contribution in [-0.2, 0) is 22.6 Å². The molecule has 0 bridgehead atoms. The molecule has 6 heteroatoms. The van der Waals surface area contributed by atoms with Gasteiger partial charge in [0.05, 0.1) is 13.7 Å². The lowest BCUT2D eigenvalue weighted by Crippen LogP contribution is -2.44. The Morgan fingerprint density at radius 2 is 1.63 bits per heavy atom. The van der Waals surface area contributed by atoms with Crippen molar-refractivity contribution in [2.75, 3.05) is 26.7 Å². The minimum absolute atomic E-state index is 0.0292. The van der Waals surface area contributed by atoms with Crippen molar-refractivity contribution in [3.63, 3.8) is 0 Å². The number of nitrogens with zero attached hydrogens (tertiary/aromatic N) is 2. The summed E-state index contributed by atoms with van der Waals surface area (Å²) >= 11 is 0. The maximum Gasteiger partial charge on any atom is 0.242 e. The second kappa shape index (κ2) is 11.9. The lowest BCUT2D eigenvalue weighted by molar-refractivity contribution is -0.142. The monoisotopic (exact) mass is 477 g/mol. The van der Waals surface area contributed by atoms with Gasteiger partial charge in [0, 0.05) is 48.7 Å². The van der Waals surface area contributed by atoms with E-state index in [1.165, 1.54) is 10.9 Å². The molecule has 0 aliphatic heterocycles. The van der Waals surface area contributed by atoms with Crippen LogP contribution in [0.3, 0.4) is 0 Å². The van der Waals surface area contributed by atoms with Crippen LogP contribution in [0.25, 0.3) is 10.9 Å². The van der Waals surface area contributed by atoms with Crippen LogP contribution in [0, 0.1) is 5.41 Å². The summed E-state index contributed by atoms with van der Waals surface area (Å²) in [7, 11) is 1.64. The van der Waals surface area contributed by atoms with Gasteiger partial charge in [-0.05, 0) is 36.0 Å². The molecule has 35 heavy (non-hydrogen) atoms. The zero-order chi connectivity index (χ0) is 25.4. The lowest BCUT2D eigenvalue weighted by Gasteiger charge is -2.30. The van der Waals surface area contributed by atoms with E-state index in [-0.39, 0.29) is 23.8 Å². The number of nitrogens with one attached hydrogen (secondary N) is 1. The summed E-state index contributed by atoms with van der Waals surface area (Å²) in [5.74, 6) is 0.736. The molecule has 3 rings (SSSR count). The summed E-state index contributed by atoms with van der Waals surface area (Å²) < 4.78 is 5.54. The maximum atomic E-state index is 13.6. The number of H-pyrrole nitrogens is 1. The van der Waals surface area contributed by atoms with Crippen molar-refractivity contribution < 1.29 is 14.3 Å². The summed E-state index contributed by atoms with van der Waals surface area (Å²) in [6.07, 6.45) is 3.97. The number of amides is 2. The average molecular weight is 478 g/mol. The summed E-state index contributed by atoms with van der Waals surface area (Å²) in [4.78, 5) is 33.5. The number of rotatable bonds is 11. The number of aromatic amines is 1. The van der Waals surface area contributed by atoms with Gasteiger partial charge in [0.25, 0.3) is 0 Å². The van der Waals surface area contributed by atoms with Crippen LogP contribution in [0.5, 0.6) is 5.75 Å². The molecule has 0 saturated heterocycles. The second-order valence-electron chi connectivity index (χ2n) is 10.3. The van der Waals surface area contributed by atoms with E-state index in [9.17, 15) is 9.59 Å². The molecule has 2 aromatic carbocycles. The Bertz CT molecular complexity index is 1130. The number of methoxy groups -OCH3 is 1. The Kier molecular flexibility index (Phi) is 8.96. The van der Waals surface area contributed by atoms with E-state index in [1.54, 1.807) is 12.0 Å². The largest absolute Gasteiger partial charge is 0.496 e. The van der Waals surface area contributed by atoms with Crippen LogP contribution in [-0.4, -0.2) is 53.3 Å². The zero-order valence-corrected chi connectivity index (χ0v) is 21.8. The van der Waals surface area contributed by atoms with Crippen molar-refractivity contribution in [3.8, 4) is 5.75 Å². The smallest absolute Gasteiger partial charge is 0.242 e. The van der Waals surface area contributed by atoms with Crippen molar-refractivity contribution >= 4 is 22.7 Å². The molecule has 1 aromatic heterocycles. The predicted octanol–water partition coefficient (Wildman–Crippen LogP) is 5.42. The fourth-order valence-corrected chi connectivity index (χ4v) is 4.32. The van der Waals surface area contributed by atoms with Gasteiger partial charge in [-0.1, -0.05) is 64.1 Å². The Balaban J connectivity index is 1.81. The van der Waals surface area contributed by atoms with Crippen molar-refractivity contribution in [1.29, 1.82) is 0 Å². The number of carbonyl (C=O) groups excluding carboxylic acids is 2. The number of para-hydroxylation sites is 2. The predicted molar refractivity (Wildman–Crippen MR) is 141 cm³/mol. The van der Waals surface area contributed by atoms with Gasteiger partial charge in [-0.25, -0.2) is 0 Å². The highest BCUT2D eigenvalue weighted by molar-refractivity contribution is 5.85. The summed E-state index contributed by atoms with van der Waals surface area (Å²) in [6, 6.07) is 16.0. The lowest BCUT2D eigenvalue weighted by atomic mass is 9.91. The number of benzene rings is 2. The Morgan fingerprint density at radius 1 is 0.914 bits per heavy atom. The highest BCUT2D eigenvalue weighted by atomic mass is 16.5. The van der Waals surface area contributed by atoms with E-state index in [1.807, 2.05) is 75.2 Å². The zero-order valence-electron chi connectivity index (χ0n) is 21.8. The summed E-state index contributed by atoms with van der Waals surface area (Å²) in [6.45, 7) is 9.82. The topological polar surface area (TPSA) is 65.6 Å². The van der Waals surface area contributed by atoms with E-state index in [2.05, 4.69) is 17.1 Å². The molecule has 1 N–H and O–H groups in total. The van der Waals surface area contributed by atoms with Gasteiger partial charge in [0.1, 0.15) is 5.75 Å². The van der Waals surface area contributed by atoms with Crippen LogP contribution < -0.4 is 4.74 Å². The summed E-state index contributed by atoms with van der Waals surface area (Å²) in [5, 5.41) is 1.17. The standard InChI is InChI=1S/C29H39N3O3/c1-6-16-31(27(33)18-29(2,3)4)21-28(34)32(20-23-11-7-10-14-26(23)35-5)17-15-22-19-30-25-13-9-8-12-24(22)25/h7-14,19,30H,6,15-18,20-21H2,1-5H3. The Labute approximate surface area is 209 Å². The van der Waals surface area contributed by atoms with E-state index in [4.69, 9.17) is 4.74 Å². The highest BCUT2D eigenvalue weighted by Gasteiger charge is 2.25. The molecule has 1 heterocycles. The van der Waals surface area contributed by atoms with E-state index >= 15 is 0 Å². The third-order valence-electron chi connectivity index (χ3n) is 6.09. The number of aromatic nitrogens is 1. The summed E-state index contributed by atoms with van der Waals surface area (Å²) in [5.41, 5.74) is 3.09. The quantitative estimate of drug-likeness (QED) is 0.401. The first-order chi connectivity index (χ1) is 16.7. The normalized spacial score (nSPS) is 11.5. The molecule has 0 radical (unpaired) electrons. The van der Waals surface area contributed by atoms with E-state index in [0.29, 0.717) is 32.5 Å². The molecular formula is C29H39N3O3. The van der Waals surface area contributed by atoms with Crippen molar-refractivity contribution in [1.82, 2.24) is 14.8 Å². The molecule has 0 aliphatic rings. The molecule has 3 aromatic rings. The Morgan fingerprint density at radius 3 is 2.34 bits per heavy atom. The fourth-order valence-electron chi connectivity index (χ4n) is 4.32. The number of hydrogen-bond acceptors (Lipinski definition) is 3. The molecule has 0 spiro atoms. The number of hydrogen-bond donors (Lipinski definition) is 1. The molecule has 2 amide bonds. The minimum Gasteiger partial charge on any atom is -0.496 e. The first kappa shape index (κ1) is 26.3. The van der Waals surface area contributed by atoms with Gasteiger partial charge >= 0.3 is 0 Å². The Hall–Kier alpha value is -3.28. The van der Waals surface area contributed by atoms with Crippen LogP contribution in [0.15, 0.2) is 54.7 Å². The van der Waals surface area contributed by atoms with Gasteiger partial charge in [0.2, 0.25) is 11.8 Å². The van der Waals surface area contributed by atoms with Crippen LogP contribution >= 0.6 is 0 Å². The van der Waals surface area contributed by atoms with Crippen LogP contribution in [0.4, 0.5) is 0 Å². The van der Waals surface area contributed by atoms with Gasteiger partial charge in [-0.3, -0.25) is 9.59 Å². The van der Waals surface area contributed by atoms with E-state index in [0.717, 1.165) is 23.3 Å². The maximum absolute atomic E-state index is 13.6. The molecule has 0 atom stereocenters. The number of ether oxygens (including phenoxy) is 1. The average Bonchev–Trinajstić information content (AvgIpc) is 3.23. The molecular weight excluding hydrogens is 438 g/mol. The number of fused-ring (bicyclic) bond motifs is 1. The second-order valence-corrected chi connectivity index (χ2v) is 10.3. The highest BCUT2D eigenvalue weighted by Crippen LogP contribution is 2.23. The van der Waals surface area contributed by atoms with Gasteiger partial charge in [-0.2, -0.15) is 0 Å². The van der Waals surface area contributed by atoms with Gasteiger partial charge in [0.15, 0.2) is 0 Å². The molecule has 6 nitrogen and oxygen atoms in total. The van der Waals surface area contributed by atoms with Crippen LogP contribution in [0.1, 0.15) is 51.7 Å². The molecule has 0 aliphatic carbocycles. The van der Waals surface area contributed by atoms with Gasteiger partial charge < -0.3 is 19.5 Å². The van der Waals surface area contributed by atoms with Crippen molar-refractivity contribution in [3.05, 3.63) is 65.9 Å². The third kappa shape index (κ3) is 7.35. The first-order valence-electron chi connectivity index (χ1n) is 12.4. The fraction of sp³-hybridized carbons (Fsp3) is 0.448. The number of carbonyl (C=O) groups is 2. The molecule has 188 valence electrons. The molecule has 0 saturated carbocycles. The van der Waals surface area contributed by atoms with Gasteiger partial charge in [-0.15, -0.1) is 0 Å². The van der Waals surface area contributed by atoms with Crippen molar-refractivity contribution in [2.45, 2.75) is 53.5 Å². The van der Waals surface area contributed by atoms with E-state index < -0.39 is 0 Å². The first-order valence-corrected chi connectivity index (χ1v) is 12.4. The van der Waals surface area contributed by atoms with Crippen molar-refractivity contribution in [2.24, 2.45) is 5.41 Å².